The van der Waals surface area contributed by atoms with Gasteiger partial charge < -0.3 is 10.2 Å². The highest BCUT2D eigenvalue weighted by molar-refractivity contribution is 4.75. The lowest BCUT2D eigenvalue weighted by Gasteiger charge is -2.36. The fourth-order valence-corrected chi connectivity index (χ4v) is 2.76. The van der Waals surface area contributed by atoms with E-state index >= 15 is 0 Å². The number of halogens is 3. The number of piperidine rings is 1. The van der Waals surface area contributed by atoms with Crippen LogP contribution in [-0.4, -0.2) is 61.9 Å². The zero-order valence-corrected chi connectivity index (χ0v) is 10.7. The molecule has 2 fully saturated rings. The summed E-state index contributed by atoms with van der Waals surface area (Å²) in [6.45, 7) is 4.47. The van der Waals surface area contributed by atoms with Crippen LogP contribution in [0.2, 0.25) is 0 Å². The van der Waals surface area contributed by atoms with Crippen molar-refractivity contribution >= 4 is 0 Å². The Balaban J connectivity index is 1.64. The van der Waals surface area contributed by atoms with Gasteiger partial charge in [0.15, 0.2) is 0 Å². The first kappa shape index (κ1) is 14.1. The number of hydrogen-bond acceptors (Lipinski definition) is 3. The lowest BCUT2D eigenvalue weighted by atomic mass is 9.94. The van der Waals surface area contributed by atoms with Crippen molar-refractivity contribution in [2.75, 3.05) is 45.8 Å². The average molecular weight is 265 g/mol. The molecule has 2 heterocycles. The summed E-state index contributed by atoms with van der Waals surface area (Å²) in [5.41, 5.74) is 0. The summed E-state index contributed by atoms with van der Waals surface area (Å²) in [7, 11) is 0. The molecule has 2 aliphatic rings. The molecule has 18 heavy (non-hydrogen) atoms. The zero-order valence-electron chi connectivity index (χ0n) is 10.7. The predicted molar refractivity (Wildman–Crippen MR) is 64.3 cm³/mol. The second-order valence-corrected chi connectivity index (χ2v) is 5.28. The van der Waals surface area contributed by atoms with Gasteiger partial charge in [-0.3, -0.25) is 0 Å². The third-order valence-corrected chi connectivity index (χ3v) is 4.04. The van der Waals surface area contributed by atoms with Crippen LogP contribution >= 0.6 is 0 Å². The molecular weight excluding hydrogens is 243 g/mol. The van der Waals surface area contributed by atoms with Crippen LogP contribution in [0.15, 0.2) is 0 Å². The van der Waals surface area contributed by atoms with Crippen molar-refractivity contribution in [2.24, 2.45) is 5.92 Å². The molecule has 6 heteroatoms. The van der Waals surface area contributed by atoms with Crippen molar-refractivity contribution in [1.29, 1.82) is 0 Å². The monoisotopic (exact) mass is 265 g/mol. The minimum atomic E-state index is -4.15. The Hall–Kier alpha value is -0.330. The van der Waals surface area contributed by atoms with Gasteiger partial charge in [0.05, 0.1) is 0 Å². The van der Waals surface area contributed by atoms with Crippen molar-refractivity contribution in [2.45, 2.75) is 25.6 Å². The molecule has 0 bridgehead atoms. The quantitative estimate of drug-likeness (QED) is 0.780. The standard InChI is InChI=1S/C12H22F3N3/c13-12(14,15)18-9-7-17(8-10-18)6-3-11-1-4-16-5-2-11/h11,16H,1-10H2. The van der Waals surface area contributed by atoms with Crippen LogP contribution in [0.5, 0.6) is 0 Å². The molecule has 0 aromatic carbocycles. The molecule has 0 atom stereocenters. The largest absolute Gasteiger partial charge is 0.460 e. The Morgan fingerprint density at radius 1 is 1.00 bits per heavy atom. The number of rotatable bonds is 3. The molecule has 2 aliphatic heterocycles. The van der Waals surface area contributed by atoms with Gasteiger partial charge in [0.2, 0.25) is 0 Å². The molecule has 0 unspecified atom stereocenters. The van der Waals surface area contributed by atoms with Gasteiger partial charge >= 0.3 is 6.30 Å². The van der Waals surface area contributed by atoms with Gasteiger partial charge in [0, 0.05) is 26.2 Å². The number of alkyl halides is 3. The first-order valence-corrected chi connectivity index (χ1v) is 6.80. The Bertz CT molecular complexity index is 243. The SMILES string of the molecule is FC(F)(F)N1CCN(CCC2CCNCC2)CC1. The van der Waals surface area contributed by atoms with Crippen molar-refractivity contribution in [1.82, 2.24) is 15.1 Å². The van der Waals surface area contributed by atoms with Crippen LogP contribution in [0.4, 0.5) is 13.2 Å². The first-order valence-electron chi connectivity index (χ1n) is 6.80. The van der Waals surface area contributed by atoms with Crippen LogP contribution < -0.4 is 5.32 Å². The lowest BCUT2D eigenvalue weighted by Crippen LogP contribution is -2.52. The van der Waals surface area contributed by atoms with E-state index in [9.17, 15) is 13.2 Å². The Labute approximate surface area is 106 Å². The van der Waals surface area contributed by atoms with Crippen LogP contribution in [0.3, 0.4) is 0 Å². The van der Waals surface area contributed by atoms with Gasteiger partial charge in [-0.1, -0.05) is 0 Å². The van der Waals surface area contributed by atoms with E-state index in [1.165, 1.54) is 12.8 Å². The smallest absolute Gasteiger partial charge is 0.317 e. The number of nitrogens with zero attached hydrogens (tertiary/aromatic N) is 2. The molecule has 2 rings (SSSR count). The molecule has 106 valence electrons. The van der Waals surface area contributed by atoms with E-state index in [4.69, 9.17) is 0 Å². The highest BCUT2D eigenvalue weighted by Crippen LogP contribution is 2.23. The minimum Gasteiger partial charge on any atom is -0.317 e. The Morgan fingerprint density at radius 2 is 1.61 bits per heavy atom. The molecular formula is C12H22F3N3. The first-order chi connectivity index (χ1) is 8.55. The number of hydrogen-bond donors (Lipinski definition) is 1. The molecule has 0 aromatic heterocycles. The molecule has 3 nitrogen and oxygen atoms in total. The van der Waals surface area contributed by atoms with Gasteiger partial charge in [-0.25, -0.2) is 4.90 Å². The predicted octanol–water partition coefficient (Wildman–Crippen LogP) is 1.51. The lowest BCUT2D eigenvalue weighted by molar-refractivity contribution is -0.252. The summed E-state index contributed by atoms with van der Waals surface area (Å²) in [5, 5.41) is 3.33. The summed E-state index contributed by atoms with van der Waals surface area (Å²) in [5.74, 6) is 0.756. The normalized spacial score (nSPS) is 25.5. The maximum absolute atomic E-state index is 12.4. The highest BCUT2D eigenvalue weighted by atomic mass is 19.4. The summed E-state index contributed by atoms with van der Waals surface area (Å²) < 4.78 is 37.3. The molecule has 0 aliphatic carbocycles. The van der Waals surface area contributed by atoms with Gasteiger partial charge in [-0.15, -0.1) is 0 Å². The van der Waals surface area contributed by atoms with Crippen molar-refractivity contribution in [3.8, 4) is 0 Å². The van der Waals surface area contributed by atoms with Gasteiger partial charge in [-0.05, 0) is 44.8 Å². The van der Waals surface area contributed by atoms with Crippen LogP contribution in [0.25, 0.3) is 0 Å². The summed E-state index contributed by atoms with van der Waals surface area (Å²) in [6.07, 6.45) is -0.597. The van der Waals surface area contributed by atoms with Crippen LogP contribution in [0.1, 0.15) is 19.3 Å². The Morgan fingerprint density at radius 3 is 2.17 bits per heavy atom. The Kier molecular flexibility index (Phi) is 4.86. The number of nitrogens with one attached hydrogen (secondary N) is 1. The van der Waals surface area contributed by atoms with Gasteiger partial charge in [-0.2, -0.15) is 13.2 Å². The van der Waals surface area contributed by atoms with Crippen molar-refractivity contribution in [3.63, 3.8) is 0 Å². The van der Waals surface area contributed by atoms with Crippen LogP contribution in [-0.2, 0) is 0 Å². The van der Waals surface area contributed by atoms with E-state index in [1.54, 1.807) is 0 Å². The summed E-state index contributed by atoms with van der Waals surface area (Å²) >= 11 is 0. The van der Waals surface area contributed by atoms with E-state index in [-0.39, 0.29) is 13.1 Å². The second-order valence-electron chi connectivity index (χ2n) is 5.28. The fraction of sp³-hybridized carbons (Fsp3) is 1.00. The molecule has 0 amide bonds. The number of piperazine rings is 1. The third kappa shape index (κ3) is 4.10. The average Bonchev–Trinajstić information content (AvgIpc) is 2.37. The molecule has 0 saturated carbocycles. The van der Waals surface area contributed by atoms with E-state index in [0.29, 0.717) is 18.0 Å². The molecule has 0 aromatic rings. The van der Waals surface area contributed by atoms with E-state index < -0.39 is 6.30 Å². The second kappa shape index (κ2) is 6.21. The van der Waals surface area contributed by atoms with Gasteiger partial charge in [0.25, 0.3) is 0 Å². The van der Waals surface area contributed by atoms with Crippen LogP contribution in [0, 0.1) is 5.92 Å². The summed E-state index contributed by atoms with van der Waals surface area (Å²) in [4.78, 5) is 2.79. The third-order valence-electron chi connectivity index (χ3n) is 4.04. The van der Waals surface area contributed by atoms with Crippen molar-refractivity contribution < 1.29 is 13.2 Å². The van der Waals surface area contributed by atoms with Crippen molar-refractivity contribution in [3.05, 3.63) is 0 Å². The van der Waals surface area contributed by atoms with Gasteiger partial charge in [0.1, 0.15) is 0 Å². The highest BCUT2D eigenvalue weighted by Gasteiger charge is 2.38. The van der Waals surface area contributed by atoms with E-state index in [1.807, 2.05) is 0 Å². The molecule has 2 saturated heterocycles. The molecule has 0 radical (unpaired) electrons. The summed E-state index contributed by atoms with van der Waals surface area (Å²) in [6, 6.07) is 0. The molecule has 1 N–H and O–H groups in total. The van der Waals surface area contributed by atoms with E-state index in [2.05, 4.69) is 10.2 Å². The minimum absolute atomic E-state index is 0.121. The molecule has 0 spiro atoms. The zero-order chi connectivity index (χ0) is 13.0. The van der Waals surface area contributed by atoms with E-state index in [0.717, 1.165) is 32.0 Å². The fourth-order valence-electron chi connectivity index (χ4n) is 2.76. The maximum atomic E-state index is 12.4. The topological polar surface area (TPSA) is 18.5 Å². The maximum Gasteiger partial charge on any atom is 0.460 e.